The molecule has 0 spiro atoms. The first-order chi connectivity index (χ1) is 9.60. The van der Waals surface area contributed by atoms with Gasteiger partial charge in [-0.1, -0.05) is 12.1 Å². The van der Waals surface area contributed by atoms with Crippen molar-refractivity contribution in [3.63, 3.8) is 0 Å². The Kier molecular flexibility index (Phi) is 4.49. The van der Waals surface area contributed by atoms with Gasteiger partial charge < -0.3 is 9.68 Å². The molecule has 0 radical (unpaired) electrons. The summed E-state index contributed by atoms with van der Waals surface area (Å²) in [7, 11) is -1.39. The lowest BCUT2D eigenvalue weighted by Crippen LogP contribution is -2.33. The lowest BCUT2D eigenvalue weighted by Gasteiger charge is -2.06. The molecule has 0 saturated heterocycles. The number of thiazole rings is 1. The fraction of sp³-hybridized carbons (Fsp3) is 0.0833. The van der Waals surface area contributed by atoms with Crippen molar-refractivity contribution in [1.29, 1.82) is 0 Å². The summed E-state index contributed by atoms with van der Waals surface area (Å²) in [6.07, 6.45) is 1.67. The summed E-state index contributed by atoms with van der Waals surface area (Å²) in [4.78, 5) is 27.2. The largest absolute Gasteiger partial charge is 0.561 e. The topological polar surface area (TPSA) is 88.5 Å². The number of aryl methyl sites for hydroxylation is 1. The lowest BCUT2D eigenvalue weighted by atomic mass is 9.79. The predicted molar refractivity (Wildman–Crippen MR) is 76.0 cm³/mol. The first-order valence-corrected chi connectivity index (χ1v) is 6.52. The van der Waals surface area contributed by atoms with Crippen LogP contribution in [0.25, 0.3) is 0 Å². The minimum atomic E-state index is -1.39. The molecule has 0 aliphatic rings. The van der Waals surface area contributed by atoms with E-state index in [-0.39, 0.29) is 12.4 Å². The van der Waals surface area contributed by atoms with Gasteiger partial charge in [0.05, 0.1) is 0 Å². The maximum Gasteiger partial charge on any atom is 0.561 e. The summed E-state index contributed by atoms with van der Waals surface area (Å²) in [5.74, 6) is -0.348. The molecule has 0 fully saturated rings. The van der Waals surface area contributed by atoms with Crippen LogP contribution in [0.3, 0.4) is 0 Å². The second-order valence-electron chi connectivity index (χ2n) is 3.94. The Morgan fingerprint density at radius 3 is 3.00 bits per heavy atom. The van der Waals surface area contributed by atoms with Crippen molar-refractivity contribution in [2.24, 2.45) is 0 Å². The molecule has 0 bridgehead atoms. The number of carbonyl (C=O) groups excluding carboxylic acids is 2. The Labute approximate surface area is 119 Å². The molecular weight excluding hydrogens is 279 g/mol. The number of hydrogen-bond donors (Lipinski definition) is 2. The van der Waals surface area contributed by atoms with E-state index in [1.165, 1.54) is 17.4 Å². The van der Waals surface area contributed by atoms with E-state index in [1.807, 2.05) is 6.92 Å². The van der Waals surface area contributed by atoms with Crippen LogP contribution in [0.15, 0.2) is 30.5 Å². The number of carbonyl (C=O) groups is 2. The zero-order valence-electron chi connectivity index (χ0n) is 10.6. The third-order valence-electron chi connectivity index (χ3n) is 2.46. The molecule has 2 rings (SSSR count). The molecule has 2 N–H and O–H groups in total. The van der Waals surface area contributed by atoms with Gasteiger partial charge >= 0.3 is 7.12 Å². The highest BCUT2D eigenvalue weighted by molar-refractivity contribution is 7.15. The molecule has 102 valence electrons. The fourth-order valence-corrected chi connectivity index (χ4v) is 2.21. The standard InChI is InChI=1S/C12H11BN2O4S/c1-8-6-14-12(20-8)15-11(17)9-3-2-4-10(5-9)13(18)19-7-16/h2-7,18H,1H3,(H,14,15,17). The van der Waals surface area contributed by atoms with Crippen LogP contribution in [0, 0.1) is 6.92 Å². The second-order valence-corrected chi connectivity index (χ2v) is 5.18. The molecule has 8 heteroatoms. The van der Waals surface area contributed by atoms with Gasteiger partial charge in [0.25, 0.3) is 12.4 Å². The van der Waals surface area contributed by atoms with Crippen molar-refractivity contribution in [2.45, 2.75) is 6.92 Å². The van der Waals surface area contributed by atoms with Crippen molar-refractivity contribution in [3.05, 3.63) is 40.9 Å². The smallest absolute Gasteiger partial charge is 0.508 e. The van der Waals surface area contributed by atoms with Gasteiger partial charge in [-0.05, 0) is 24.5 Å². The second kappa shape index (κ2) is 6.31. The van der Waals surface area contributed by atoms with Gasteiger partial charge in [-0.25, -0.2) is 4.98 Å². The molecule has 1 aromatic heterocycles. The lowest BCUT2D eigenvalue weighted by molar-refractivity contribution is -0.121. The van der Waals surface area contributed by atoms with E-state index in [1.54, 1.807) is 24.4 Å². The maximum absolute atomic E-state index is 12.0. The number of benzene rings is 1. The Balaban J connectivity index is 2.13. The highest BCUT2D eigenvalue weighted by atomic mass is 32.1. The first kappa shape index (κ1) is 14.2. The average Bonchev–Trinajstić information content (AvgIpc) is 2.84. The summed E-state index contributed by atoms with van der Waals surface area (Å²) in [5, 5.41) is 12.7. The van der Waals surface area contributed by atoms with Gasteiger partial charge in [-0.15, -0.1) is 11.3 Å². The van der Waals surface area contributed by atoms with Gasteiger partial charge in [0.1, 0.15) is 0 Å². The van der Waals surface area contributed by atoms with Crippen molar-refractivity contribution < 1.29 is 19.3 Å². The zero-order chi connectivity index (χ0) is 14.5. The van der Waals surface area contributed by atoms with E-state index in [0.717, 1.165) is 4.88 Å². The van der Waals surface area contributed by atoms with E-state index in [2.05, 4.69) is 15.0 Å². The molecule has 1 heterocycles. The van der Waals surface area contributed by atoms with Crippen LogP contribution in [0.1, 0.15) is 15.2 Å². The van der Waals surface area contributed by atoms with Gasteiger partial charge in [0, 0.05) is 16.6 Å². The average molecular weight is 290 g/mol. The third-order valence-corrected chi connectivity index (χ3v) is 3.29. The van der Waals surface area contributed by atoms with Crippen LogP contribution >= 0.6 is 11.3 Å². The number of nitrogens with one attached hydrogen (secondary N) is 1. The number of rotatable bonds is 5. The minimum absolute atomic E-state index is 0.149. The number of anilines is 1. The Morgan fingerprint density at radius 1 is 1.55 bits per heavy atom. The molecule has 20 heavy (non-hydrogen) atoms. The zero-order valence-corrected chi connectivity index (χ0v) is 11.4. The van der Waals surface area contributed by atoms with Gasteiger partial charge in [0.15, 0.2) is 5.13 Å². The van der Waals surface area contributed by atoms with Crippen LogP contribution in [-0.2, 0) is 9.45 Å². The van der Waals surface area contributed by atoms with Crippen LogP contribution < -0.4 is 10.8 Å². The number of nitrogens with zero attached hydrogens (tertiary/aromatic N) is 1. The van der Waals surface area contributed by atoms with E-state index < -0.39 is 7.12 Å². The monoisotopic (exact) mass is 290 g/mol. The van der Waals surface area contributed by atoms with Crippen LogP contribution in [0.2, 0.25) is 0 Å². The van der Waals surface area contributed by atoms with E-state index in [4.69, 9.17) is 0 Å². The van der Waals surface area contributed by atoms with Gasteiger partial charge in [-0.3, -0.25) is 14.9 Å². The van der Waals surface area contributed by atoms with Gasteiger partial charge in [-0.2, -0.15) is 0 Å². The minimum Gasteiger partial charge on any atom is -0.508 e. The number of aromatic nitrogens is 1. The summed E-state index contributed by atoms with van der Waals surface area (Å²) < 4.78 is 4.42. The first-order valence-electron chi connectivity index (χ1n) is 5.71. The van der Waals surface area contributed by atoms with Crippen LogP contribution in [-0.4, -0.2) is 29.5 Å². The molecule has 1 amide bonds. The van der Waals surface area contributed by atoms with Crippen LogP contribution in [0.5, 0.6) is 0 Å². The van der Waals surface area contributed by atoms with E-state index >= 15 is 0 Å². The molecule has 0 unspecified atom stereocenters. The Morgan fingerprint density at radius 2 is 2.35 bits per heavy atom. The summed E-state index contributed by atoms with van der Waals surface area (Å²) in [6.45, 7) is 2.04. The van der Waals surface area contributed by atoms with Crippen molar-refractivity contribution in [1.82, 2.24) is 4.98 Å². The SMILES string of the molecule is Cc1cnc(NC(=O)c2cccc(B(O)OC=O)c2)s1. The Bertz CT molecular complexity index is 631. The fourth-order valence-electron chi connectivity index (χ4n) is 1.55. The quantitative estimate of drug-likeness (QED) is 0.620. The molecule has 0 saturated carbocycles. The maximum atomic E-state index is 12.0. The van der Waals surface area contributed by atoms with Gasteiger partial charge in [0.2, 0.25) is 0 Å². The van der Waals surface area contributed by atoms with E-state index in [0.29, 0.717) is 16.2 Å². The van der Waals surface area contributed by atoms with Crippen molar-refractivity contribution in [2.75, 3.05) is 5.32 Å². The Hall–Kier alpha value is -2.19. The molecular formula is C12H11BN2O4S. The molecule has 0 atom stereocenters. The molecule has 6 nitrogen and oxygen atoms in total. The predicted octanol–water partition coefficient (Wildman–Crippen LogP) is 0.564. The summed E-state index contributed by atoms with van der Waals surface area (Å²) in [6, 6.07) is 6.18. The molecule has 0 aliphatic heterocycles. The number of amides is 1. The van der Waals surface area contributed by atoms with Crippen molar-refractivity contribution in [3.8, 4) is 0 Å². The van der Waals surface area contributed by atoms with Crippen molar-refractivity contribution >= 4 is 41.4 Å². The van der Waals surface area contributed by atoms with E-state index in [9.17, 15) is 14.6 Å². The highest BCUT2D eigenvalue weighted by Gasteiger charge is 2.19. The third kappa shape index (κ3) is 3.43. The number of hydrogen-bond acceptors (Lipinski definition) is 6. The molecule has 0 aliphatic carbocycles. The normalized spacial score (nSPS) is 9.90. The highest BCUT2D eigenvalue weighted by Crippen LogP contribution is 2.17. The summed E-state index contributed by atoms with van der Waals surface area (Å²) >= 11 is 1.37. The van der Waals surface area contributed by atoms with Crippen LogP contribution in [0.4, 0.5) is 5.13 Å². The molecule has 2 aromatic rings. The molecule has 1 aromatic carbocycles. The summed E-state index contributed by atoms with van der Waals surface area (Å²) in [5.41, 5.74) is 0.656.